The molecule has 0 spiro atoms. The van der Waals surface area contributed by atoms with Gasteiger partial charge in [0.2, 0.25) is 5.89 Å². The zero-order chi connectivity index (χ0) is 17.8. The van der Waals surface area contributed by atoms with E-state index in [2.05, 4.69) is 15.2 Å². The molecular weight excluding hydrogens is 324 g/mol. The van der Waals surface area contributed by atoms with Crippen molar-refractivity contribution in [2.24, 2.45) is 5.73 Å². The summed E-state index contributed by atoms with van der Waals surface area (Å²) in [6.45, 7) is 5.18. The van der Waals surface area contributed by atoms with Crippen LogP contribution in [0.5, 0.6) is 0 Å². The molecule has 8 nitrogen and oxygen atoms in total. The highest BCUT2D eigenvalue weighted by atomic mass is 16.5. The molecule has 0 bridgehead atoms. The van der Waals surface area contributed by atoms with E-state index in [0.717, 1.165) is 24.3 Å². The molecule has 0 saturated carbocycles. The van der Waals surface area contributed by atoms with Gasteiger partial charge in [0, 0.05) is 24.3 Å². The minimum Gasteiger partial charge on any atom is -0.446 e. The van der Waals surface area contributed by atoms with Crippen LogP contribution < -0.4 is 16.0 Å². The van der Waals surface area contributed by atoms with Gasteiger partial charge in [-0.15, -0.1) is 0 Å². The zero-order valence-electron chi connectivity index (χ0n) is 13.9. The summed E-state index contributed by atoms with van der Waals surface area (Å²) in [4.78, 5) is 29.4. The van der Waals surface area contributed by atoms with Crippen molar-refractivity contribution in [2.45, 2.75) is 13.5 Å². The van der Waals surface area contributed by atoms with Crippen molar-refractivity contribution in [1.82, 2.24) is 10.3 Å². The molecule has 1 aliphatic rings. The number of amides is 2. The Hall–Kier alpha value is -2.87. The van der Waals surface area contributed by atoms with Gasteiger partial charge in [-0.3, -0.25) is 9.59 Å². The lowest BCUT2D eigenvalue weighted by atomic mass is 10.1. The lowest BCUT2D eigenvalue weighted by molar-refractivity contribution is 0.0946. The number of anilines is 1. The lowest BCUT2D eigenvalue weighted by Gasteiger charge is -2.30. The maximum atomic E-state index is 12.3. The smallest absolute Gasteiger partial charge is 0.270 e. The minimum atomic E-state index is -0.671. The topological polar surface area (TPSA) is 111 Å². The van der Waals surface area contributed by atoms with E-state index in [1.54, 1.807) is 6.07 Å². The fourth-order valence-corrected chi connectivity index (χ4v) is 2.72. The Morgan fingerprint density at radius 1 is 1.32 bits per heavy atom. The maximum Gasteiger partial charge on any atom is 0.270 e. The molecule has 2 amide bonds. The van der Waals surface area contributed by atoms with Crippen LogP contribution >= 0.6 is 0 Å². The summed E-state index contributed by atoms with van der Waals surface area (Å²) in [5, 5.41) is 2.71. The third-order valence-corrected chi connectivity index (χ3v) is 4.02. The number of hydrogen-bond donors (Lipinski definition) is 2. The monoisotopic (exact) mass is 344 g/mol. The van der Waals surface area contributed by atoms with E-state index in [4.69, 9.17) is 14.9 Å². The van der Waals surface area contributed by atoms with Gasteiger partial charge in [0.05, 0.1) is 19.8 Å². The first-order valence-corrected chi connectivity index (χ1v) is 8.00. The number of morpholine rings is 1. The molecule has 8 heteroatoms. The van der Waals surface area contributed by atoms with E-state index in [9.17, 15) is 9.59 Å². The van der Waals surface area contributed by atoms with Crippen molar-refractivity contribution in [1.29, 1.82) is 0 Å². The number of nitrogens with two attached hydrogens (primary N) is 1. The molecule has 25 heavy (non-hydrogen) atoms. The van der Waals surface area contributed by atoms with Gasteiger partial charge in [-0.05, 0) is 30.7 Å². The Kier molecular flexibility index (Phi) is 4.99. The van der Waals surface area contributed by atoms with Gasteiger partial charge in [0.1, 0.15) is 6.26 Å². The molecule has 2 heterocycles. The van der Waals surface area contributed by atoms with Crippen molar-refractivity contribution in [3.8, 4) is 0 Å². The summed E-state index contributed by atoms with van der Waals surface area (Å²) in [5.41, 5.74) is 7.83. The van der Waals surface area contributed by atoms with Gasteiger partial charge in [-0.25, -0.2) is 4.98 Å². The first kappa shape index (κ1) is 17.0. The van der Waals surface area contributed by atoms with Crippen LogP contribution in [0.3, 0.4) is 0 Å². The Morgan fingerprint density at radius 2 is 2.08 bits per heavy atom. The molecule has 1 aliphatic heterocycles. The average Bonchev–Trinajstić information content (AvgIpc) is 3.09. The highest BCUT2D eigenvalue weighted by Crippen LogP contribution is 2.22. The Morgan fingerprint density at radius 3 is 2.72 bits per heavy atom. The summed E-state index contributed by atoms with van der Waals surface area (Å²) in [6, 6.07) is 5.59. The second-order valence-corrected chi connectivity index (χ2v) is 5.77. The molecule has 0 radical (unpaired) electrons. The van der Waals surface area contributed by atoms with Gasteiger partial charge in [0.15, 0.2) is 5.69 Å². The summed E-state index contributed by atoms with van der Waals surface area (Å²) in [6.07, 6.45) is 1.17. The number of nitrogens with zero attached hydrogens (tertiary/aromatic N) is 2. The molecule has 1 saturated heterocycles. The number of primary amides is 1. The van der Waals surface area contributed by atoms with Gasteiger partial charge in [0.25, 0.3) is 11.8 Å². The number of aromatic nitrogens is 1. The molecule has 0 aliphatic carbocycles. The fraction of sp³-hybridized carbons (Fsp3) is 0.353. The summed E-state index contributed by atoms with van der Waals surface area (Å²) in [5.74, 6) is -0.685. The highest BCUT2D eigenvalue weighted by Gasteiger charge is 2.15. The van der Waals surface area contributed by atoms with Crippen LogP contribution in [-0.4, -0.2) is 43.1 Å². The van der Waals surface area contributed by atoms with Crippen LogP contribution in [0.2, 0.25) is 0 Å². The molecular formula is C17H20N4O4. The van der Waals surface area contributed by atoms with Crippen molar-refractivity contribution in [2.75, 3.05) is 31.2 Å². The minimum absolute atomic E-state index is 0.0370. The molecule has 3 N–H and O–H groups in total. The zero-order valence-corrected chi connectivity index (χ0v) is 13.9. The SMILES string of the molecule is Cc1cc(C(=O)NCc2nc(C(N)=O)co2)ccc1N1CCOCC1. The summed E-state index contributed by atoms with van der Waals surface area (Å²) >= 11 is 0. The maximum absolute atomic E-state index is 12.3. The number of ether oxygens (including phenoxy) is 1. The second kappa shape index (κ2) is 7.35. The summed E-state index contributed by atoms with van der Waals surface area (Å²) in [7, 11) is 0. The predicted molar refractivity (Wildman–Crippen MR) is 90.4 cm³/mol. The van der Waals surface area contributed by atoms with Crippen molar-refractivity contribution in [3.05, 3.63) is 47.2 Å². The summed E-state index contributed by atoms with van der Waals surface area (Å²) < 4.78 is 10.5. The van der Waals surface area contributed by atoms with E-state index in [1.807, 2.05) is 19.1 Å². The Bertz CT molecular complexity index is 781. The van der Waals surface area contributed by atoms with Gasteiger partial charge >= 0.3 is 0 Å². The van der Waals surface area contributed by atoms with Crippen LogP contribution in [-0.2, 0) is 11.3 Å². The normalized spacial score (nSPS) is 14.4. The van der Waals surface area contributed by atoms with Gasteiger partial charge in [-0.1, -0.05) is 0 Å². The molecule has 1 aromatic carbocycles. The Labute approximate surface area is 145 Å². The van der Waals surface area contributed by atoms with Crippen LogP contribution in [0.25, 0.3) is 0 Å². The van der Waals surface area contributed by atoms with Crippen LogP contribution in [0.1, 0.15) is 32.3 Å². The number of carbonyl (C=O) groups excluding carboxylic acids is 2. The largest absolute Gasteiger partial charge is 0.446 e. The van der Waals surface area contributed by atoms with Crippen molar-refractivity contribution in [3.63, 3.8) is 0 Å². The molecule has 0 atom stereocenters. The average molecular weight is 344 g/mol. The Balaban J connectivity index is 1.63. The third kappa shape index (κ3) is 3.97. The van der Waals surface area contributed by atoms with E-state index < -0.39 is 5.91 Å². The number of carbonyl (C=O) groups is 2. The van der Waals surface area contributed by atoms with Crippen LogP contribution in [0, 0.1) is 6.92 Å². The predicted octanol–water partition coefficient (Wildman–Crippen LogP) is 0.849. The number of rotatable bonds is 5. The number of hydrogen-bond acceptors (Lipinski definition) is 6. The van der Waals surface area contributed by atoms with E-state index in [-0.39, 0.29) is 24.0 Å². The lowest BCUT2D eigenvalue weighted by Crippen LogP contribution is -2.36. The molecule has 132 valence electrons. The van der Waals surface area contributed by atoms with E-state index >= 15 is 0 Å². The molecule has 2 aromatic rings. The van der Waals surface area contributed by atoms with Crippen LogP contribution in [0.15, 0.2) is 28.9 Å². The van der Waals surface area contributed by atoms with Crippen LogP contribution in [0.4, 0.5) is 5.69 Å². The standard InChI is InChI=1S/C17H20N4O4/c1-11-8-12(2-3-14(11)21-4-6-24-7-5-21)17(23)19-9-15-20-13(10-25-15)16(18)22/h2-3,8,10H,4-7,9H2,1H3,(H2,18,22)(H,19,23). The third-order valence-electron chi connectivity index (χ3n) is 4.02. The number of benzene rings is 1. The highest BCUT2D eigenvalue weighted by molar-refractivity contribution is 5.95. The molecule has 3 rings (SSSR count). The molecule has 0 unspecified atom stereocenters. The second-order valence-electron chi connectivity index (χ2n) is 5.77. The first-order chi connectivity index (χ1) is 12.0. The molecule has 1 aromatic heterocycles. The van der Waals surface area contributed by atoms with Gasteiger partial charge < -0.3 is 25.1 Å². The van der Waals surface area contributed by atoms with Crippen molar-refractivity contribution >= 4 is 17.5 Å². The van der Waals surface area contributed by atoms with E-state index in [1.165, 1.54) is 6.26 Å². The first-order valence-electron chi connectivity index (χ1n) is 8.00. The van der Waals surface area contributed by atoms with Gasteiger partial charge in [-0.2, -0.15) is 0 Å². The van der Waals surface area contributed by atoms with Crippen molar-refractivity contribution < 1.29 is 18.7 Å². The number of oxazole rings is 1. The number of nitrogens with one attached hydrogen (secondary N) is 1. The molecule has 1 fully saturated rings. The fourth-order valence-electron chi connectivity index (χ4n) is 2.72. The quantitative estimate of drug-likeness (QED) is 0.832. The number of aryl methyl sites for hydroxylation is 1. The van der Waals surface area contributed by atoms with E-state index in [0.29, 0.717) is 18.8 Å².